The smallest absolute Gasteiger partial charge is 0.224 e. The first kappa shape index (κ1) is 23.7. The standard InChI is InChI=1S/C23H24Cl4N4O/c1-2-29-8-10-30(11-9-29)23(32)6-7-31-21-14-19(27)18(26)13-20(21)28-22(31)12-15-16(24)4-3-5-17(15)25/h3-5,13-14H,2,6-12H2,1H3. The number of aromatic nitrogens is 2. The number of imidazole rings is 1. The van der Waals surface area contributed by atoms with Crippen LogP contribution in [0.1, 0.15) is 24.7 Å². The number of fused-ring (bicyclic) bond motifs is 1. The summed E-state index contributed by atoms with van der Waals surface area (Å²) in [6.45, 7) is 7.01. The molecule has 0 spiro atoms. The van der Waals surface area contributed by atoms with Crippen LogP contribution in [0.2, 0.25) is 20.1 Å². The molecule has 1 amide bonds. The van der Waals surface area contributed by atoms with Gasteiger partial charge in [-0.15, -0.1) is 0 Å². The Morgan fingerprint density at radius 2 is 1.62 bits per heavy atom. The summed E-state index contributed by atoms with van der Waals surface area (Å²) in [7, 11) is 0. The molecule has 1 aromatic heterocycles. The highest BCUT2D eigenvalue weighted by Crippen LogP contribution is 2.31. The van der Waals surface area contributed by atoms with Crippen molar-refractivity contribution in [3.8, 4) is 0 Å². The summed E-state index contributed by atoms with van der Waals surface area (Å²) in [5.41, 5.74) is 2.36. The van der Waals surface area contributed by atoms with Crippen LogP contribution in [0.5, 0.6) is 0 Å². The Labute approximate surface area is 207 Å². The molecule has 0 atom stereocenters. The number of likely N-dealkylation sites (N-methyl/N-ethyl adjacent to an activating group) is 1. The lowest BCUT2D eigenvalue weighted by molar-refractivity contribution is -0.133. The van der Waals surface area contributed by atoms with E-state index < -0.39 is 0 Å². The van der Waals surface area contributed by atoms with Crippen LogP contribution in [0, 0.1) is 0 Å². The third kappa shape index (κ3) is 5.02. The van der Waals surface area contributed by atoms with E-state index in [1.807, 2.05) is 27.7 Å². The third-order valence-corrected chi connectivity index (χ3v) is 7.42. The van der Waals surface area contributed by atoms with Gasteiger partial charge in [-0.1, -0.05) is 59.4 Å². The Morgan fingerprint density at radius 3 is 2.28 bits per heavy atom. The molecule has 5 nitrogen and oxygen atoms in total. The van der Waals surface area contributed by atoms with Gasteiger partial charge in [0, 0.05) is 55.6 Å². The number of hydrogen-bond donors (Lipinski definition) is 0. The van der Waals surface area contributed by atoms with Gasteiger partial charge in [-0.05, 0) is 36.4 Å². The number of rotatable bonds is 6. The van der Waals surface area contributed by atoms with Crippen LogP contribution >= 0.6 is 46.4 Å². The number of aryl methyl sites for hydroxylation is 1. The van der Waals surface area contributed by atoms with E-state index in [9.17, 15) is 4.79 Å². The van der Waals surface area contributed by atoms with Crippen LogP contribution in [0.15, 0.2) is 30.3 Å². The second-order valence-electron chi connectivity index (χ2n) is 7.88. The summed E-state index contributed by atoms with van der Waals surface area (Å²) in [6.07, 6.45) is 0.812. The van der Waals surface area contributed by atoms with Gasteiger partial charge in [0.25, 0.3) is 0 Å². The number of hydrogen-bond acceptors (Lipinski definition) is 3. The van der Waals surface area contributed by atoms with E-state index in [-0.39, 0.29) is 5.91 Å². The van der Waals surface area contributed by atoms with Crippen LogP contribution in [-0.4, -0.2) is 58.0 Å². The number of amides is 1. The molecule has 1 saturated heterocycles. The molecule has 3 aromatic rings. The Kier molecular flexibility index (Phi) is 7.53. The first-order valence-corrected chi connectivity index (χ1v) is 12.2. The molecular formula is C23H24Cl4N4O. The molecule has 170 valence electrons. The molecule has 2 aromatic carbocycles. The van der Waals surface area contributed by atoms with Crippen LogP contribution in [0.25, 0.3) is 11.0 Å². The van der Waals surface area contributed by atoms with E-state index in [1.54, 1.807) is 12.1 Å². The van der Waals surface area contributed by atoms with E-state index >= 15 is 0 Å². The maximum absolute atomic E-state index is 12.9. The second-order valence-corrected chi connectivity index (χ2v) is 9.51. The fourth-order valence-corrected chi connectivity index (χ4v) is 4.94. The first-order valence-electron chi connectivity index (χ1n) is 10.6. The molecule has 2 heterocycles. The van der Waals surface area contributed by atoms with Crippen molar-refractivity contribution in [1.29, 1.82) is 0 Å². The number of carbonyl (C=O) groups excluding carboxylic acids is 1. The highest BCUT2D eigenvalue weighted by atomic mass is 35.5. The van der Waals surface area contributed by atoms with Gasteiger partial charge in [0.2, 0.25) is 5.91 Å². The fourth-order valence-electron chi connectivity index (χ4n) is 4.09. The van der Waals surface area contributed by atoms with Crippen molar-refractivity contribution in [1.82, 2.24) is 19.4 Å². The van der Waals surface area contributed by atoms with Gasteiger partial charge in [0.1, 0.15) is 5.82 Å². The van der Waals surface area contributed by atoms with Crippen molar-refractivity contribution in [2.45, 2.75) is 26.3 Å². The zero-order valence-corrected chi connectivity index (χ0v) is 20.8. The average molecular weight is 514 g/mol. The van der Waals surface area contributed by atoms with Crippen LogP contribution in [0.3, 0.4) is 0 Å². The Morgan fingerprint density at radius 1 is 0.969 bits per heavy atom. The molecular weight excluding hydrogens is 490 g/mol. The maximum atomic E-state index is 12.9. The van der Waals surface area contributed by atoms with Gasteiger partial charge >= 0.3 is 0 Å². The number of halogens is 4. The molecule has 0 radical (unpaired) electrons. The van der Waals surface area contributed by atoms with E-state index in [0.717, 1.165) is 55.1 Å². The molecule has 0 N–H and O–H groups in total. The lowest BCUT2D eigenvalue weighted by atomic mass is 10.1. The minimum Gasteiger partial charge on any atom is -0.340 e. The molecule has 32 heavy (non-hydrogen) atoms. The van der Waals surface area contributed by atoms with E-state index in [4.69, 9.17) is 51.4 Å². The molecule has 4 rings (SSSR count). The van der Waals surface area contributed by atoms with Gasteiger partial charge in [0.15, 0.2) is 0 Å². The molecule has 0 aliphatic carbocycles. The predicted molar refractivity (Wildman–Crippen MR) is 132 cm³/mol. The van der Waals surface area contributed by atoms with Crippen molar-refractivity contribution in [2.75, 3.05) is 32.7 Å². The van der Waals surface area contributed by atoms with Crippen molar-refractivity contribution < 1.29 is 4.79 Å². The highest BCUT2D eigenvalue weighted by Gasteiger charge is 2.22. The molecule has 1 aliphatic heterocycles. The zero-order chi connectivity index (χ0) is 22.8. The summed E-state index contributed by atoms with van der Waals surface area (Å²) < 4.78 is 2.03. The van der Waals surface area contributed by atoms with Gasteiger partial charge < -0.3 is 14.4 Å². The summed E-state index contributed by atoms with van der Waals surface area (Å²) in [5.74, 6) is 0.904. The van der Waals surface area contributed by atoms with Crippen molar-refractivity contribution in [2.24, 2.45) is 0 Å². The van der Waals surface area contributed by atoms with E-state index in [0.29, 0.717) is 39.5 Å². The number of nitrogens with zero attached hydrogens (tertiary/aromatic N) is 4. The van der Waals surface area contributed by atoms with Gasteiger partial charge in [-0.2, -0.15) is 0 Å². The van der Waals surface area contributed by atoms with Crippen LogP contribution in [-0.2, 0) is 17.8 Å². The quantitative estimate of drug-likeness (QED) is 0.418. The number of piperazine rings is 1. The van der Waals surface area contributed by atoms with Gasteiger partial charge in [-0.25, -0.2) is 4.98 Å². The SMILES string of the molecule is CCN1CCN(C(=O)CCn2c(Cc3c(Cl)cccc3Cl)nc3cc(Cl)c(Cl)cc32)CC1. The lowest BCUT2D eigenvalue weighted by Gasteiger charge is -2.34. The molecule has 0 bridgehead atoms. The number of benzene rings is 2. The van der Waals surface area contributed by atoms with E-state index in [2.05, 4.69) is 11.8 Å². The topological polar surface area (TPSA) is 41.4 Å². The molecule has 0 unspecified atom stereocenters. The molecule has 1 fully saturated rings. The molecule has 9 heteroatoms. The Hall–Kier alpha value is -1.50. The zero-order valence-electron chi connectivity index (χ0n) is 17.8. The summed E-state index contributed by atoms with van der Waals surface area (Å²) in [4.78, 5) is 22.0. The Bertz CT molecular complexity index is 1120. The van der Waals surface area contributed by atoms with Crippen LogP contribution in [0.4, 0.5) is 0 Å². The summed E-state index contributed by atoms with van der Waals surface area (Å²) >= 11 is 25.3. The second kappa shape index (κ2) is 10.2. The predicted octanol–water partition coefficient (Wildman–Crippen LogP) is 5.79. The minimum atomic E-state index is 0.143. The normalized spacial score (nSPS) is 15.0. The third-order valence-electron chi connectivity index (χ3n) is 5.99. The minimum absolute atomic E-state index is 0.143. The van der Waals surface area contributed by atoms with Crippen LogP contribution < -0.4 is 0 Å². The summed E-state index contributed by atoms with van der Waals surface area (Å²) in [5, 5.41) is 2.05. The first-order chi connectivity index (χ1) is 15.4. The lowest BCUT2D eigenvalue weighted by Crippen LogP contribution is -2.48. The summed E-state index contributed by atoms with van der Waals surface area (Å²) in [6, 6.07) is 8.98. The van der Waals surface area contributed by atoms with E-state index in [1.165, 1.54) is 0 Å². The average Bonchev–Trinajstić information content (AvgIpc) is 3.10. The van der Waals surface area contributed by atoms with Gasteiger partial charge in [-0.3, -0.25) is 4.79 Å². The fraction of sp³-hybridized carbons (Fsp3) is 0.391. The molecule has 0 saturated carbocycles. The largest absolute Gasteiger partial charge is 0.340 e. The Balaban J connectivity index is 1.61. The van der Waals surface area contributed by atoms with Crippen molar-refractivity contribution in [3.05, 3.63) is 61.8 Å². The van der Waals surface area contributed by atoms with Gasteiger partial charge in [0.05, 0.1) is 21.1 Å². The molecule has 1 aliphatic rings. The number of carbonyl (C=O) groups is 1. The van der Waals surface area contributed by atoms with Crippen molar-refractivity contribution >= 4 is 63.3 Å². The monoisotopic (exact) mass is 512 g/mol. The highest BCUT2D eigenvalue weighted by molar-refractivity contribution is 6.42. The maximum Gasteiger partial charge on any atom is 0.224 e. The van der Waals surface area contributed by atoms with Crippen molar-refractivity contribution in [3.63, 3.8) is 0 Å².